The maximum atomic E-state index is 12.9. The van der Waals surface area contributed by atoms with Gasteiger partial charge in [-0.25, -0.2) is 0 Å². The molecule has 1 saturated carbocycles. The lowest BCUT2D eigenvalue weighted by Crippen LogP contribution is -2.35. The summed E-state index contributed by atoms with van der Waals surface area (Å²) in [6.07, 6.45) is 4.56. The van der Waals surface area contributed by atoms with E-state index in [1.54, 1.807) is 7.11 Å². The quantitative estimate of drug-likeness (QED) is 0.841. The highest BCUT2D eigenvalue weighted by molar-refractivity contribution is 5.95. The highest BCUT2D eigenvalue weighted by Gasteiger charge is 2.55. The van der Waals surface area contributed by atoms with Crippen molar-refractivity contribution < 1.29 is 18.6 Å². The number of carbonyl (C=O) groups is 1. The first kappa shape index (κ1) is 15.3. The van der Waals surface area contributed by atoms with Crippen LogP contribution in [0, 0.1) is 12.8 Å². The minimum Gasteiger partial charge on any atom is -0.378 e. The van der Waals surface area contributed by atoms with Crippen molar-refractivity contribution in [3.8, 4) is 0 Å². The molecule has 1 saturated heterocycles. The summed E-state index contributed by atoms with van der Waals surface area (Å²) in [5, 5.41) is 7.80. The van der Waals surface area contributed by atoms with Gasteiger partial charge in [-0.1, -0.05) is 16.7 Å². The molecule has 128 valence electrons. The van der Waals surface area contributed by atoms with Crippen LogP contribution in [0.5, 0.6) is 0 Å². The monoisotopic (exact) mass is 332 g/mol. The molecule has 0 spiro atoms. The minimum atomic E-state index is -0.213. The van der Waals surface area contributed by atoms with Gasteiger partial charge < -0.3 is 18.7 Å². The van der Waals surface area contributed by atoms with Crippen molar-refractivity contribution in [1.29, 1.82) is 0 Å². The molecule has 2 aliphatic rings. The fourth-order valence-corrected chi connectivity index (χ4v) is 4.14. The van der Waals surface area contributed by atoms with Crippen LogP contribution in [-0.2, 0) is 16.8 Å². The van der Waals surface area contributed by atoms with Crippen LogP contribution in [0.25, 0.3) is 0 Å². The maximum absolute atomic E-state index is 12.9. The number of fused-ring (bicyclic) bond motifs is 1. The van der Waals surface area contributed by atoms with Crippen LogP contribution in [0.4, 0.5) is 0 Å². The van der Waals surface area contributed by atoms with Gasteiger partial charge >= 0.3 is 0 Å². The van der Waals surface area contributed by atoms with Gasteiger partial charge in [-0.3, -0.25) is 4.79 Å². The molecule has 0 bridgehead atoms. The average Bonchev–Trinajstić information content (AvgIpc) is 3.28. The Morgan fingerprint density at radius 1 is 1.50 bits per heavy atom. The first-order chi connectivity index (χ1) is 11.6. The number of aryl methyl sites for hydroxylation is 1. The van der Waals surface area contributed by atoms with Gasteiger partial charge in [0.15, 0.2) is 5.82 Å². The summed E-state index contributed by atoms with van der Waals surface area (Å²) in [6, 6.07) is 0. The van der Waals surface area contributed by atoms with E-state index < -0.39 is 0 Å². The molecule has 4 rings (SSSR count). The number of hydrogen-bond donors (Lipinski definition) is 0. The molecule has 0 radical (unpaired) electrons. The van der Waals surface area contributed by atoms with Crippen molar-refractivity contribution in [2.45, 2.75) is 38.2 Å². The van der Waals surface area contributed by atoms with Crippen LogP contribution in [0.15, 0.2) is 15.3 Å². The fourth-order valence-electron chi connectivity index (χ4n) is 4.14. The average molecular weight is 332 g/mol. The second-order valence-corrected chi connectivity index (χ2v) is 6.69. The largest absolute Gasteiger partial charge is 0.378 e. The third kappa shape index (κ3) is 2.24. The number of amides is 1. The van der Waals surface area contributed by atoms with Gasteiger partial charge in [0.25, 0.3) is 5.91 Å². The molecule has 3 heterocycles. The SMILES string of the molecule is COCc1nocc1C(=O)N1C[C@@H]2CCC[C@]2(c2nc(C)no2)C1. The number of aromatic nitrogens is 3. The standard InChI is InChI=1S/C16H20N4O4/c1-10-17-15(24-18-10)16-5-3-4-11(16)6-20(9-16)14(21)12-7-23-19-13(12)8-22-2/h7,11H,3-6,8-9H2,1-2H3/t11-,16-/m0/s1. The number of nitrogens with zero attached hydrogens (tertiary/aromatic N) is 4. The molecule has 2 aromatic heterocycles. The Kier molecular flexibility index (Phi) is 3.64. The Bertz CT molecular complexity index is 755. The highest BCUT2D eigenvalue weighted by Crippen LogP contribution is 2.50. The molecule has 0 N–H and O–H groups in total. The molecule has 2 fully saturated rings. The number of ether oxygens (including phenoxy) is 1. The molecular formula is C16H20N4O4. The van der Waals surface area contributed by atoms with Crippen molar-refractivity contribution in [3.05, 3.63) is 29.2 Å². The summed E-state index contributed by atoms with van der Waals surface area (Å²) < 4.78 is 15.5. The third-order valence-corrected chi connectivity index (χ3v) is 5.27. The summed E-state index contributed by atoms with van der Waals surface area (Å²) in [4.78, 5) is 19.2. The minimum absolute atomic E-state index is 0.0756. The molecular weight excluding hydrogens is 312 g/mol. The lowest BCUT2D eigenvalue weighted by atomic mass is 9.80. The zero-order valence-corrected chi connectivity index (χ0v) is 13.8. The zero-order valence-electron chi connectivity index (χ0n) is 13.8. The molecule has 2 atom stereocenters. The predicted octanol–water partition coefficient (Wildman–Crippen LogP) is 1.71. The normalized spacial score (nSPS) is 26.1. The molecule has 24 heavy (non-hydrogen) atoms. The molecule has 0 aromatic carbocycles. The van der Waals surface area contributed by atoms with Crippen LogP contribution < -0.4 is 0 Å². The Morgan fingerprint density at radius 2 is 2.38 bits per heavy atom. The Labute approximate surface area is 139 Å². The van der Waals surface area contributed by atoms with Crippen LogP contribution in [0.2, 0.25) is 0 Å². The number of hydrogen-bond acceptors (Lipinski definition) is 7. The van der Waals surface area contributed by atoms with Crippen molar-refractivity contribution in [1.82, 2.24) is 20.2 Å². The first-order valence-corrected chi connectivity index (χ1v) is 8.16. The fraction of sp³-hybridized carbons (Fsp3) is 0.625. The topological polar surface area (TPSA) is 94.5 Å². The maximum Gasteiger partial charge on any atom is 0.259 e. The number of carbonyl (C=O) groups excluding carboxylic acids is 1. The van der Waals surface area contributed by atoms with Gasteiger partial charge in [0.2, 0.25) is 5.89 Å². The van der Waals surface area contributed by atoms with E-state index in [9.17, 15) is 4.79 Å². The van der Waals surface area contributed by atoms with Crippen molar-refractivity contribution in [3.63, 3.8) is 0 Å². The predicted molar refractivity (Wildman–Crippen MR) is 81.2 cm³/mol. The summed E-state index contributed by atoms with van der Waals surface area (Å²) in [5.74, 6) is 1.58. The van der Waals surface area contributed by atoms with E-state index in [1.165, 1.54) is 6.26 Å². The lowest BCUT2D eigenvalue weighted by Gasteiger charge is -2.24. The molecule has 8 nitrogen and oxygen atoms in total. The van der Waals surface area contributed by atoms with E-state index in [1.807, 2.05) is 11.8 Å². The summed E-state index contributed by atoms with van der Waals surface area (Å²) >= 11 is 0. The summed E-state index contributed by atoms with van der Waals surface area (Å²) in [5.41, 5.74) is 0.783. The van der Waals surface area contributed by atoms with E-state index in [-0.39, 0.29) is 17.9 Å². The van der Waals surface area contributed by atoms with Gasteiger partial charge in [-0.05, 0) is 25.7 Å². The molecule has 1 amide bonds. The van der Waals surface area contributed by atoms with E-state index in [0.717, 1.165) is 19.3 Å². The van der Waals surface area contributed by atoms with Crippen LogP contribution >= 0.6 is 0 Å². The van der Waals surface area contributed by atoms with Crippen LogP contribution in [-0.4, -0.2) is 46.3 Å². The number of methoxy groups -OCH3 is 1. The smallest absolute Gasteiger partial charge is 0.259 e. The molecule has 2 aromatic rings. The van der Waals surface area contributed by atoms with Gasteiger partial charge in [0, 0.05) is 20.2 Å². The van der Waals surface area contributed by atoms with Crippen molar-refractivity contribution in [2.24, 2.45) is 5.92 Å². The van der Waals surface area contributed by atoms with Gasteiger partial charge in [0.05, 0.1) is 12.0 Å². The number of likely N-dealkylation sites (tertiary alicyclic amines) is 1. The van der Waals surface area contributed by atoms with E-state index >= 15 is 0 Å². The van der Waals surface area contributed by atoms with Crippen LogP contribution in [0.3, 0.4) is 0 Å². The van der Waals surface area contributed by atoms with Crippen molar-refractivity contribution in [2.75, 3.05) is 20.2 Å². The zero-order chi connectivity index (χ0) is 16.7. The molecule has 1 aliphatic heterocycles. The van der Waals surface area contributed by atoms with E-state index in [0.29, 0.717) is 42.0 Å². The van der Waals surface area contributed by atoms with Gasteiger partial charge in [-0.2, -0.15) is 4.98 Å². The highest BCUT2D eigenvalue weighted by atomic mass is 16.5. The Balaban J connectivity index is 1.61. The Hall–Kier alpha value is -2.22. The van der Waals surface area contributed by atoms with Gasteiger partial charge in [0.1, 0.15) is 17.5 Å². The molecule has 1 aliphatic carbocycles. The second-order valence-electron chi connectivity index (χ2n) is 6.69. The molecule has 8 heteroatoms. The summed E-state index contributed by atoms with van der Waals surface area (Å²) in [7, 11) is 1.57. The molecule has 0 unspecified atom stereocenters. The van der Waals surface area contributed by atoms with E-state index in [2.05, 4.69) is 15.3 Å². The number of rotatable bonds is 4. The van der Waals surface area contributed by atoms with Gasteiger partial charge in [-0.15, -0.1) is 0 Å². The summed E-state index contributed by atoms with van der Waals surface area (Å²) in [6.45, 7) is 3.36. The third-order valence-electron chi connectivity index (χ3n) is 5.27. The van der Waals surface area contributed by atoms with Crippen LogP contribution in [0.1, 0.15) is 47.0 Å². The second kappa shape index (κ2) is 5.70. The first-order valence-electron chi connectivity index (χ1n) is 8.16. The van der Waals surface area contributed by atoms with Crippen molar-refractivity contribution >= 4 is 5.91 Å². The lowest BCUT2D eigenvalue weighted by molar-refractivity contribution is 0.0769. The van der Waals surface area contributed by atoms with E-state index in [4.69, 9.17) is 13.8 Å². The Morgan fingerprint density at radius 3 is 3.12 bits per heavy atom.